The van der Waals surface area contributed by atoms with E-state index in [9.17, 15) is 14.7 Å². The molecule has 0 saturated heterocycles. The summed E-state index contributed by atoms with van der Waals surface area (Å²) in [6.45, 7) is 0. The Morgan fingerprint density at radius 3 is 2.58 bits per heavy atom. The molecule has 2 aliphatic carbocycles. The molecular formula is C30H27BrN4O3. The van der Waals surface area contributed by atoms with Crippen LogP contribution in [0.25, 0.3) is 27.8 Å². The van der Waals surface area contributed by atoms with E-state index in [4.69, 9.17) is 0 Å². The van der Waals surface area contributed by atoms with Crippen LogP contribution in [0.2, 0.25) is 0 Å². The number of aliphatic carboxylic acids is 1. The van der Waals surface area contributed by atoms with Gasteiger partial charge in [-0.05, 0) is 48.7 Å². The first-order valence-corrected chi connectivity index (χ1v) is 13.8. The first-order valence-electron chi connectivity index (χ1n) is 12.9. The maximum atomic E-state index is 12.7. The Bertz CT molecular complexity index is 1540. The Labute approximate surface area is 228 Å². The summed E-state index contributed by atoms with van der Waals surface area (Å²) in [7, 11) is 0. The van der Waals surface area contributed by atoms with Gasteiger partial charge in [-0.2, -0.15) is 0 Å². The van der Waals surface area contributed by atoms with Crippen LogP contribution in [0.4, 0.5) is 0 Å². The van der Waals surface area contributed by atoms with Gasteiger partial charge in [-0.3, -0.25) is 14.8 Å². The van der Waals surface area contributed by atoms with Crippen LogP contribution >= 0.6 is 15.9 Å². The monoisotopic (exact) mass is 570 g/mol. The number of rotatable bonds is 6. The Hall–Kier alpha value is -3.65. The average molecular weight is 571 g/mol. The van der Waals surface area contributed by atoms with Crippen molar-refractivity contribution < 1.29 is 14.7 Å². The first kappa shape index (κ1) is 24.7. The number of carboxylic acids is 1. The van der Waals surface area contributed by atoms with Crippen LogP contribution in [0, 0.1) is 5.41 Å². The lowest BCUT2D eigenvalue weighted by Gasteiger charge is -2.47. The van der Waals surface area contributed by atoms with Gasteiger partial charge in [0.25, 0.3) is 0 Å². The molecule has 1 spiro atoms. The lowest BCUT2D eigenvalue weighted by molar-refractivity contribution is -0.138. The Kier molecular flexibility index (Phi) is 6.43. The number of Topliss-reactive ketones (excluding diaryl/α,β-unsaturated/α-hetero) is 1. The normalized spacial score (nSPS) is 20.5. The molecule has 192 valence electrons. The fourth-order valence-electron chi connectivity index (χ4n) is 5.88. The molecule has 0 amide bonds. The summed E-state index contributed by atoms with van der Waals surface area (Å²) < 4.78 is 2.04. The summed E-state index contributed by atoms with van der Waals surface area (Å²) in [5.74, 6) is -0.823. The second-order valence-electron chi connectivity index (χ2n) is 10.1. The fourth-order valence-corrected chi connectivity index (χ4v) is 6.88. The highest BCUT2D eigenvalue weighted by Gasteiger charge is 2.58. The summed E-state index contributed by atoms with van der Waals surface area (Å²) >= 11 is 3.45. The minimum atomic E-state index is -0.978. The standard InChI is InChI=1S/C30H27BrN4O3/c31-25-26(30(27(25)36)12-2-1-3-13-30)34-24(29(37)38)16-19-8-10-21(11-9-19)35-18-23(20-6-4-14-32-17-20)22-7-5-15-33-28(22)35/h4-11,14-15,17-18,24-25H,1-3,12-13,16H2,(H,37,38)/t24-,25?/m0/s1. The zero-order valence-corrected chi connectivity index (χ0v) is 22.3. The highest BCUT2D eigenvalue weighted by molar-refractivity contribution is 9.10. The van der Waals surface area contributed by atoms with E-state index in [0.717, 1.165) is 71.2 Å². The van der Waals surface area contributed by atoms with Gasteiger partial charge in [-0.1, -0.05) is 53.4 Å². The molecule has 1 N–H and O–H groups in total. The van der Waals surface area contributed by atoms with Crippen molar-refractivity contribution in [1.82, 2.24) is 14.5 Å². The van der Waals surface area contributed by atoms with Crippen LogP contribution in [0.5, 0.6) is 0 Å². The average Bonchev–Trinajstić information content (AvgIpc) is 3.35. The number of halogens is 1. The molecule has 1 aromatic carbocycles. The molecule has 2 aliphatic rings. The van der Waals surface area contributed by atoms with E-state index in [0.29, 0.717) is 0 Å². The van der Waals surface area contributed by atoms with Gasteiger partial charge in [0.15, 0.2) is 11.8 Å². The lowest BCUT2D eigenvalue weighted by atomic mass is 9.58. The van der Waals surface area contributed by atoms with E-state index in [-0.39, 0.29) is 12.2 Å². The molecule has 0 radical (unpaired) electrons. The highest BCUT2D eigenvalue weighted by atomic mass is 79.9. The molecule has 38 heavy (non-hydrogen) atoms. The number of nitrogens with zero attached hydrogens (tertiary/aromatic N) is 4. The SMILES string of the molecule is O=C(O)[C@H](Cc1ccc(-n2cc(-c3cccnc3)c3cccnc32)cc1)N=C1C(Br)C(=O)C12CCCCC2. The van der Waals surface area contributed by atoms with Gasteiger partial charge in [0, 0.05) is 59.1 Å². The maximum Gasteiger partial charge on any atom is 0.328 e. The van der Waals surface area contributed by atoms with E-state index >= 15 is 0 Å². The maximum absolute atomic E-state index is 12.7. The van der Waals surface area contributed by atoms with Crippen molar-refractivity contribution in [1.29, 1.82) is 0 Å². The molecule has 0 bridgehead atoms. The van der Waals surface area contributed by atoms with Crippen LogP contribution in [0.1, 0.15) is 37.7 Å². The lowest BCUT2D eigenvalue weighted by Crippen LogP contribution is -2.61. The van der Waals surface area contributed by atoms with Crippen LogP contribution in [0.15, 0.2) is 78.3 Å². The number of pyridine rings is 2. The van der Waals surface area contributed by atoms with Crippen LogP contribution in [-0.4, -0.2) is 48.0 Å². The number of carboxylic acid groups (broad SMARTS) is 1. The predicted octanol–water partition coefficient (Wildman–Crippen LogP) is 5.82. The Morgan fingerprint density at radius 1 is 1.11 bits per heavy atom. The molecular weight excluding hydrogens is 544 g/mol. The van der Waals surface area contributed by atoms with Crippen LogP contribution < -0.4 is 0 Å². The van der Waals surface area contributed by atoms with Crippen molar-refractivity contribution in [3.05, 3.63) is 78.9 Å². The Morgan fingerprint density at radius 2 is 1.87 bits per heavy atom. The van der Waals surface area contributed by atoms with Gasteiger partial charge >= 0.3 is 5.97 Å². The van der Waals surface area contributed by atoms with Gasteiger partial charge in [-0.25, -0.2) is 9.78 Å². The van der Waals surface area contributed by atoms with E-state index in [1.54, 1.807) is 12.4 Å². The van der Waals surface area contributed by atoms with Crippen molar-refractivity contribution in [2.75, 3.05) is 0 Å². The molecule has 3 aromatic heterocycles. The number of carbonyl (C=O) groups excluding carboxylic acids is 1. The number of carbonyl (C=O) groups is 2. The van der Waals surface area contributed by atoms with Crippen LogP contribution in [0.3, 0.4) is 0 Å². The largest absolute Gasteiger partial charge is 0.480 e. The zero-order valence-electron chi connectivity index (χ0n) is 20.8. The third-order valence-electron chi connectivity index (χ3n) is 7.90. The summed E-state index contributed by atoms with van der Waals surface area (Å²) in [4.78, 5) is 38.0. The quantitative estimate of drug-likeness (QED) is 0.294. The number of hydrogen-bond donors (Lipinski definition) is 1. The number of benzene rings is 1. The number of aliphatic imine (C=N–C) groups is 1. The smallest absolute Gasteiger partial charge is 0.328 e. The second-order valence-corrected chi connectivity index (χ2v) is 11.1. The molecule has 2 fully saturated rings. The van der Waals surface area contributed by atoms with E-state index in [1.807, 2.05) is 59.3 Å². The molecule has 1 unspecified atom stereocenters. The van der Waals surface area contributed by atoms with Crippen molar-refractivity contribution in [3.63, 3.8) is 0 Å². The second kappa shape index (κ2) is 9.91. The summed E-state index contributed by atoms with van der Waals surface area (Å²) in [6.07, 6.45) is 12.3. The Balaban J connectivity index is 1.28. The number of hydrogen-bond acceptors (Lipinski definition) is 5. The summed E-state index contributed by atoms with van der Waals surface area (Å²) in [6, 6.07) is 14.8. The minimum absolute atomic E-state index is 0.155. The molecule has 8 heteroatoms. The molecule has 2 atom stereocenters. The molecule has 4 aromatic rings. The van der Waals surface area contributed by atoms with Gasteiger partial charge in [0.1, 0.15) is 10.5 Å². The van der Waals surface area contributed by atoms with Crippen molar-refractivity contribution in [3.8, 4) is 16.8 Å². The van der Waals surface area contributed by atoms with Crippen molar-refractivity contribution in [2.45, 2.75) is 49.4 Å². The van der Waals surface area contributed by atoms with E-state index < -0.39 is 22.3 Å². The van der Waals surface area contributed by atoms with E-state index in [1.165, 1.54) is 0 Å². The summed E-state index contributed by atoms with van der Waals surface area (Å²) in [5.41, 5.74) is 4.86. The molecule has 3 heterocycles. The van der Waals surface area contributed by atoms with Gasteiger partial charge < -0.3 is 9.67 Å². The minimum Gasteiger partial charge on any atom is -0.480 e. The molecule has 7 nitrogen and oxygen atoms in total. The van der Waals surface area contributed by atoms with Crippen LogP contribution in [-0.2, 0) is 16.0 Å². The molecule has 6 rings (SSSR count). The van der Waals surface area contributed by atoms with Gasteiger partial charge in [0.05, 0.1) is 5.41 Å². The van der Waals surface area contributed by atoms with Gasteiger partial charge in [0.2, 0.25) is 0 Å². The number of fused-ring (bicyclic) bond motifs is 1. The topological polar surface area (TPSA) is 97.4 Å². The zero-order chi connectivity index (χ0) is 26.3. The third-order valence-corrected chi connectivity index (χ3v) is 8.75. The fraction of sp³-hybridized carbons (Fsp3) is 0.300. The highest BCUT2D eigenvalue weighted by Crippen LogP contribution is 2.49. The number of alkyl halides is 1. The number of aromatic nitrogens is 3. The van der Waals surface area contributed by atoms with E-state index in [2.05, 4.69) is 37.1 Å². The molecule has 0 aliphatic heterocycles. The van der Waals surface area contributed by atoms with Gasteiger partial charge in [-0.15, -0.1) is 0 Å². The summed E-state index contributed by atoms with van der Waals surface area (Å²) in [5, 5.41) is 11.0. The third kappa shape index (κ3) is 4.17. The predicted molar refractivity (Wildman–Crippen MR) is 150 cm³/mol. The van der Waals surface area contributed by atoms with Crippen molar-refractivity contribution >= 4 is 44.4 Å². The van der Waals surface area contributed by atoms with Crippen molar-refractivity contribution in [2.24, 2.45) is 10.4 Å². The number of ketones is 1. The molecule has 2 saturated carbocycles. The first-order chi connectivity index (χ1) is 18.5.